The van der Waals surface area contributed by atoms with Gasteiger partial charge in [-0.05, 0) is 43.7 Å². The van der Waals surface area contributed by atoms with E-state index in [1.807, 2.05) is 6.07 Å². The molecule has 1 aromatic heterocycles. The Kier molecular flexibility index (Phi) is 6.90. The van der Waals surface area contributed by atoms with Gasteiger partial charge in [-0.15, -0.1) is 11.8 Å². The van der Waals surface area contributed by atoms with Gasteiger partial charge in [0.2, 0.25) is 5.89 Å². The van der Waals surface area contributed by atoms with E-state index in [9.17, 15) is 9.59 Å². The van der Waals surface area contributed by atoms with E-state index < -0.39 is 18.5 Å². The van der Waals surface area contributed by atoms with Gasteiger partial charge in [-0.3, -0.25) is 4.79 Å². The number of amides is 1. The first kappa shape index (κ1) is 20.9. The number of aryl methyl sites for hydroxylation is 1. The molecule has 29 heavy (non-hydrogen) atoms. The Morgan fingerprint density at radius 3 is 2.72 bits per heavy atom. The number of benzene rings is 2. The van der Waals surface area contributed by atoms with Gasteiger partial charge in [0.1, 0.15) is 0 Å². The highest BCUT2D eigenvalue weighted by Gasteiger charge is 2.16. The van der Waals surface area contributed by atoms with Gasteiger partial charge in [-0.2, -0.15) is 4.98 Å². The van der Waals surface area contributed by atoms with Crippen LogP contribution < -0.4 is 5.32 Å². The maximum Gasteiger partial charge on any atom is 0.339 e. The lowest BCUT2D eigenvalue weighted by molar-refractivity contribution is -0.119. The highest BCUT2D eigenvalue weighted by Crippen LogP contribution is 2.26. The molecule has 3 aromatic rings. The number of ether oxygens (including phenoxy) is 1. The van der Waals surface area contributed by atoms with Gasteiger partial charge in [0.05, 0.1) is 11.3 Å². The molecule has 3 rings (SSSR count). The normalized spacial score (nSPS) is 10.6. The van der Waals surface area contributed by atoms with Crippen LogP contribution in [-0.2, 0) is 15.3 Å². The Bertz CT molecular complexity index is 1040. The molecule has 0 saturated heterocycles. The van der Waals surface area contributed by atoms with Gasteiger partial charge < -0.3 is 14.6 Å². The molecule has 150 valence electrons. The van der Waals surface area contributed by atoms with Crippen molar-refractivity contribution >= 4 is 40.9 Å². The maximum absolute atomic E-state index is 12.5. The molecule has 0 atom stereocenters. The highest BCUT2D eigenvalue weighted by molar-refractivity contribution is 7.98. The second-order valence-electron chi connectivity index (χ2n) is 6.06. The molecule has 0 unspecified atom stereocenters. The number of nitrogens with one attached hydrogen (secondary N) is 1. The number of hydrogen-bond donors (Lipinski definition) is 1. The van der Waals surface area contributed by atoms with Crippen LogP contribution in [0.15, 0.2) is 51.9 Å². The molecule has 0 fully saturated rings. The first-order valence-electron chi connectivity index (χ1n) is 8.67. The van der Waals surface area contributed by atoms with E-state index in [1.54, 1.807) is 50.2 Å². The van der Waals surface area contributed by atoms with E-state index in [4.69, 9.17) is 20.9 Å². The van der Waals surface area contributed by atoms with Crippen molar-refractivity contribution in [3.8, 4) is 0 Å². The molecule has 0 bridgehead atoms. The van der Waals surface area contributed by atoms with Crippen LogP contribution in [-0.4, -0.2) is 28.6 Å². The summed E-state index contributed by atoms with van der Waals surface area (Å²) < 4.78 is 10.3. The quantitative estimate of drug-likeness (QED) is 0.436. The number of rotatable bonds is 7. The first-order chi connectivity index (χ1) is 13.9. The van der Waals surface area contributed by atoms with Crippen LogP contribution in [0.5, 0.6) is 0 Å². The predicted molar refractivity (Wildman–Crippen MR) is 110 cm³/mol. The molecule has 1 amide bonds. The summed E-state index contributed by atoms with van der Waals surface area (Å²) in [4.78, 5) is 29.4. The molecule has 1 N–H and O–H groups in total. The van der Waals surface area contributed by atoms with Crippen LogP contribution >= 0.6 is 23.4 Å². The number of anilines is 1. The Hall–Kier alpha value is -2.84. The van der Waals surface area contributed by atoms with Gasteiger partial charge in [-0.25, -0.2) is 4.79 Å². The molecule has 2 aromatic carbocycles. The van der Waals surface area contributed by atoms with E-state index in [2.05, 4.69) is 15.5 Å². The number of carbonyl (C=O) groups is 2. The van der Waals surface area contributed by atoms with Crippen molar-refractivity contribution in [2.24, 2.45) is 0 Å². The fraction of sp³-hybridized carbons (Fsp3) is 0.200. The molecule has 0 aliphatic heterocycles. The number of carbonyl (C=O) groups excluding carboxylic acids is 2. The zero-order valence-electron chi connectivity index (χ0n) is 15.8. The van der Waals surface area contributed by atoms with E-state index >= 15 is 0 Å². The lowest BCUT2D eigenvalue weighted by Crippen LogP contribution is -2.21. The van der Waals surface area contributed by atoms with E-state index in [-0.39, 0.29) is 0 Å². The second-order valence-corrected chi connectivity index (χ2v) is 7.48. The number of halogens is 1. The fourth-order valence-corrected chi connectivity index (χ4v) is 3.49. The summed E-state index contributed by atoms with van der Waals surface area (Å²) in [6, 6.07) is 12.2. The van der Waals surface area contributed by atoms with E-state index in [0.29, 0.717) is 38.6 Å². The standard InChI is InChI=1S/C20H18ClN3O4S/c1-12-15(21)7-5-8-16(12)23-18(25)10-27-20(26)14-6-3-4-9-17(14)29-11-19-22-13(2)24-28-19/h3-9H,10-11H2,1-2H3,(H,23,25). The molecular weight excluding hydrogens is 414 g/mol. The minimum atomic E-state index is -0.590. The number of nitrogens with zero attached hydrogens (tertiary/aromatic N) is 2. The van der Waals surface area contributed by atoms with Crippen molar-refractivity contribution in [2.75, 3.05) is 11.9 Å². The Labute approximate surface area is 176 Å². The molecule has 9 heteroatoms. The Morgan fingerprint density at radius 2 is 1.97 bits per heavy atom. The summed E-state index contributed by atoms with van der Waals surface area (Å²) >= 11 is 7.41. The zero-order valence-corrected chi connectivity index (χ0v) is 17.3. The molecule has 0 radical (unpaired) electrons. The van der Waals surface area contributed by atoms with Crippen LogP contribution in [0.2, 0.25) is 5.02 Å². The largest absolute Gasteiger partial charge is 0.452 e. The molecule has 0 saturated carbocycles. The van der Waals surface area contributed by atoms with E-state index in [0.717, 1.165) is 5.56 Å². The van der Waals surface area contributed by atoms with Gasteiger partial charge in [-0.1, -0.05) is 35.0 Å². The third-order valence-corrected chi connectivity index (χ3v) is 5.37. The molecule has 0 aliphatic carbocycles. The van der Waals surface area contributed by atoms with Crippen LogP contribution in [0, 0.1) is 13.8 Å². The highest BCUT2D eigenvalue weighted by atomic mass is 35.5. The smallest absolute Gasteiger partial charge is 0.339 e. The SMILES string of the molecule is Cc1noc(CSc2ccccc2C(=O)OCC(=O)Nc2cccc(Cl)c2C)n1. The van der Waals surface area contributed by atoms with Crippen molar-refractivity contribution in [2.45, 2.75) is 24.5 Å². The van der Waals surface area contributed by atoms with Crippen molar-refractivity contribution in [1.29, 1.82) is 0 Å². The van der Waals surface area contributed by atoms with Gasteiger partial charge >= 0.3 is 5.97 Å². The summed E-state index contributed by atoms with van der Waals surface area (Å²) in [5, 5.41) is 6.97. The zero-order chi connectivity index (χ0) is 20.8. The van der Waals surface area contributed by atoms with Gasteiger partial charge in [0, 0.05) is 15.6 Å². The summed E-state index contributed by atoms with van der Waals surface area (Å²) in [5.41, 5.74) is 1.68. The Morgan fingerprint density at radius 1 is 1.17 bits per heavy atom. The van der Waals surface area contributed by atoms with Crippen LogP contribution in [0.4, 0.5) is 5.69 Å². The lowest BCUT2D eigenvalue weighted by atomic mass is 10.2. The molecule has 1 heterocycles. The second kappa shape index (κ2) is 9.58. The van der Waals surface area contributed by atoms with Crippen LogP contribution in [0.1, 0.15) is 27.6 Å². The van der Waals surface area contributed by atoms with Crippen LogP contribution in [0.25, 0.3) is 0 Å². The average molecular weight is 432 g/mol. The number of hydrogen-bond acceptors (Lipinski definition) is 7. The molecule has 0 spiro atoms. The van der Waals surface area contributed by atoms with Crippen molar-refractivity contribution in [3.63, 3.8) is 0 Å². The minimum Gasteiger partial charge on any atom is -0.452 e. The average Bonchev–Trinajstić information content (AvgIpc) is 3.13. The summed E-state index contributed by atoms with van der Waals surface area (Å²) in [5.74, 6) is 0.392. The Balaban J connectivity index is 1.59. The van der Waals surface area contributed by atoms with Gasteiger partial charge in [0.15, 0.2) is 12.4 Å². The summed E-state index contributed by atoms with van der Waals surface area (Å²) in [7, 11) is 0. The third-order valence-electron chi connectivity index (χ3n) is 3.90. The number of esters is 1. The summed E-state index contributed by atoms with van der Waals surface area (Å²) in [6.45, 7) is 3.12. The summed E-state index contributed by atoms with van der Waals surface area (Å²) in [6.07, 6.45) is 0. The molecule has 0 aliphatic rings. The van der Waals surface area contributed by atoms with Crippen molar-refractivity contribution in [3.05, 3.63) is 70.3 Å². The first-order valence-corrected chi connectivity index (χ1v) is 10.0. The predicted octanol–water partition coefficient (Wildman–Crippen LogP) is 4.43. The van der Waals surface area contributed by atoms with E-state index in [1.165, 1.54) is 11.8 Å². The van der Waals surface area contributed by atoms with Crippen molar-refractivity contribution in [1.82, 2.24) is 10.1 Å². The maximum atomic E-state index is 12.5. The third kappa shape index (κ3) is 5.58. The number of thioether (sulfide) groups is 1. The van der Waals surface area contributed by atoms with Crippen molar-refractivity contribution < 1.29 is 18.8 Å². The molecular formula is C20H18ClN3O4S. The lowest BCUT2D eigenvalue weighted by Gasteiger charge is -2.11. The monoisotopic (exact) mass is 431 g/mol. The van der Waals surface area contributed by atoms with Crippen LogP contribution in [0.3, 0.4) is 0 Å². The topological polar surface area (TPSA) is 94.3 Å². The fourth-order valence-electron chi connectivity index (χ4n) is 2.44. The number of aromatic nitrogens is 2. The minimum absolute atomic E-state index is 0.362. The molecule has 7 nitrogen and oxygen atoms in total. The van der Waals surface area contributed by atoms with Gasteiger partial charge in [0.25, 0.3) is 5.91 Å².